The minimum atomic E-state index is -0.395. The number of ketones is 1. The average Bonchev–Trinajstić information content (AvgIpc) is 3.01. The number of halogens is 1. The molecule has 3 rings (SSSR count). The topological polar surface area (TPSA) is 70.7 Å². The van der Waals surface area contributed by atoms with Gasteiger partial charge in [0.05, 0.1) is 5.56 Å². The normalized spacial score (nSPS) is 11.0. The van der Waals surface area contributed by atoms with Crippen LogP contribution in [0.25, 0.3) is 17.4 Å². The number of hydrogen-bond donors (Lipinski definition) is 2. The smallest absolute Gasteiger partial charge is 0.189 e. The molecule has 0 aliphatic rings. The van der Waals surface area contributed by atoms with Gasteiger partial charge in [0.1, 0.15) is 23.0 Å². The Morgan fingerprint density at radius 2 is 1.88 bits per heavy atom. The Bertz CT molecular complexity index is 925. The summed E-state index contributed by atoms with van der Waals surface area (Å²) < 4.78 is 5.66. The maximum atomic E-state index is 12.1. The van der Waals surface area contributed by atoms with Crippen LogP contribution in [0.5, 0.6) is 11.5 Å². The van der Waals surface area contributed by atoms with Crippen LogP contribution < -0.4 is 0 Å². The quantitative estimate of drug-likeness (QED) is 0.523. The van der Waals surface area contributed by atoms with E-state index in [4.69, 9.17) is 16.0 Å². The van der Waals surface area contributed by atoms with Crippen molar-refractivity contribution in [1.82, 2.24) is 0 Å². The molecular weight excluding hydrogens is 328 g/mol. The van der Waals surface area contributed by atoms with E-state index < -0.39 is 5.78 Å². The van der Waals surface area contributed by atoms with Gasteiger partial charge in [-0.3, -0.25) is 4.79 Å². The van der Waals surface area contributed by atoms with E-state index in [0.717, 1.165) is 11.6 Å². The van der Waals surface area contributed by atoms with E-state index in [2.05, 4.69) is 0 Å². The molecule has 0 unspecified atom stereocenters. The van der Waals surface area contributed by atoms with Gasteiger partial charge in [0, 0.05) is 16.7 Å². The van der Waals surface area contributed by atoms with E-state index in [1.54, 1.807) is 24.3 Å². The van der Waals surface area contributed by atoms with Crippen LogP contribution in [0.1, 0.15) is 16.1 Å². The molecule has 24 heavy (non-hydrogen) atoms. The lowest BCUT2D eigenvalue weighted by Crippen LogP contribution is -1.94. The third-order valence-corrected chi connectivity index (χ3v) is 3.62. The lowest BCUT2D eigenvalue weighted by molar-refractivity contribution is 0.104. The predicted octanol–water partition coefficient (Wildman–Crippen LogP) is 4.91. The van der Waals surface area contributed by atoms with Crippen molar-refractivity contribution in [2.45, 2.75) is 0 Å². The second-order valence-corrected chi connectivity index (χ2v) is 5.55. The zero-order valence-electron chi connectivity index (χ0n) is 12.4. The second-order valence-electron chi connectivity index (χ2n) is 5.11. The average molecular weight is 341 g/mol. The molecule has 0 aliphatic carbocycles. The highest BCUT2D eigenvalue weighted by atomic mass is 35.5. The first-order valence-corrected chi connectivity index (χ1v) is 7.51. The summed E-state index contributed by atoms with van der Waals surface area (Å²) in [6.07, 6.45) is 2.81. The van der Waals surface area contributed by atoms with Crippen LogP contribution in [0.15, 0.2) is 65.1 Å². The van der Waals surface area contributed by atoms with Crippen LogP contribution in [0.4, 0.5) is 0 Å². The van der Waals surface area contributed by atoms with Crippen LogP contribution in [-0.4, -0.2) is 16.0 Å². The van der Waals surface area contributed by atoms with Crippen LogP contribution in [0.2, 0.25) is 5.02 Å². The summed E-state index contributed by atoms with van der Waals surface area (Å²) in [6.45, 7) is 0. The number of furan rings is 1. The van der Waals surface area contributed by atoms with E-state index in [-0.39, 0.29) is 17.1 Å². The third kappa shape index (κ3) is 3.50. The number of hydrogen-bond acceptors (Lipinski definition) is 4. The number of carbonyl (C=O) groups excluding carboxylic acids is 1. The first-order chi connectivity index (χ1) is 11.5. The molecule has 120 valence electrons. The first kappa shape index (κ1) is 15.9. The molecule has 1 aromatic heterocycles. The summed E-state index contributed by atoms with van der Waals surface area (Å²) in [7, 11) is 0. The van der Waals surface area contributed by atoms with Gasteiger partial charge in [0.25, 0.3) is 0 Å². The lowest BCUT2D eigenvalue weighted by atomic mass is 10.1. The minimum absolute atomic E-state index is 0.102. The molecule has 4 nitrogen and oxygen atoms in total. The number of phenols is 2. The Labute approximate surface area is 143 Å². The molecule has 0 saturated heterocycles. The SMILES string of the molecule is O=C(/C=C/c1ccc(-c2cccc(Cl)c2)o1)c1ccc(O)cc1O. The Balaban J connectivity index is 1.79. The van der Waals surface area contributed by atoms with E-state index in [1.165, 1.54) is 24.3 Å². The summed E-state index contributed by atoms with van der Waals surface area (Å²) in [5.74, 6) is 0.357. The molecular formula is C19H13ClO4. The fraction of sp³-hybridized carbons (Fsp3) is 0. The van der Waals surface area contributed by atoms with Crippen molar-refractivity contribution < 1.29 is 19.4 Å². The van der Waals surface area contributed by atoms with Crippen molar-refractivity contribution in [3.05, 3.63) is 77.0 Å². The monoisotopic (exact) mass is 340 g/mol. The molecule has 0 fully saturated rings. The number of benzene rings is 2. The molecule has 0 spiro atoms. The van der Waals surface area contributed by atoms with E-state index in [0.29, 0.717) is 16.5 Å². The molecule has 0 aliphatic heterocycles. The van der Waals surface area contributed by atoms with Crippen molar-refractivity contribution in [2.75, 3.05) is 0 Å². The fourth-order valence-corrected chi connectivity index (χ4v) is 2.41. The van der Waals surface area contributed by atoms with Gasteiger partial charge in [-0.1, -0.05) is 23.7 Å². The van der Waals surface area contributed by atoms with Gasteiger partial charge in [0.15, 0.2) is 5.78 Å². The highest BCUT2D eigenvalue weighted by Crippen LogP contribution is 2.26. The molecule has 5 heteroatoms. The zero-order chi connectivity index (χ0) is 17.1. The number of aromatic hydroxyl groups is 2. The largest absolute Gasteiger partial charge is 0.508 e. The van der Waals surface area contributed by atoms with E-state index >= 15 is 0 Å². The van der Waals surface area contributed by atoms with Gasteiger partial charge >= 0.3 is 0 Å². The maximum absolute atomic E-state index is 12.1. The van der Waals surface area contributed by atoms with Crippen LogP contribution >= 0.6 is 11.6 Å². The summed E-state index contributed by atoms with van der Waals surface area (Å²) in [4.78, 5) is 12.1. The summed E-state index contributed by atoms with van der Waals surface area (Å²) in [5, 5.41) is 19.5. The Morgan fingerprint density at radius 1 is 1.04 bits per heavy atom. The highest BCUT2D eigenvalue weighted by molar-refractivity contribution is 6.30. The van der Waals surface area contributed by atoms with Crippen molar-refractivity contribution in [3.8, 4) is 22.8 Å². The number of allylic oxidation sites excluding steroid dienone is 1. The van der Waals surface area contributed by atoms with Crippen LogP contribution in [0, 0.1) is 0 Å². The first-order valence-electron chi connectivity index (χ1n) is 7.13. The number of phenolic OH excluding ortho intramolecular Hbond substituents is 2. The molecule has 0 saturated carbocycles. The van der Waals surface area contributed by atoms with Gasteiger partial charge < -0.3 is 14.6 Å². The van der Waals surface area contributed by atoms with Gasteiger partial charge in [0.2, 0.25) is 0 Å². The van der Waals surface area contributed by atoms with Gasteiger partial charge in [-0.15, -0.1) is 0 Å². The summed E-state index contributed by atoms with van der Waals surface area (Å²) in [6, 6.07) is 14.6. The molecule has 0 atom stereocenters. The Morgan fingerprint density at radius 3 is 2.62 bits per heavy atom. The summed E-state index contributed by atoms with van der Waals surface area (Å²) >= 11 is 5.96. The number of carbonyl (C=O) groups is 1. The molecule has 2 aromatic carbocycles. The third-order valence-electron chi connectivity index (χ3n) is 3.38. The van der Waals surface area contributed by atoms with Crippen molar-refractivity contribution >= 4 is 23.5 Å². The highest BCUT2D eigenvalue weighted by Gasteiger charge is 2.09. The van der Waals surface area contributed by atoms with Gasteiger partial charge in [-0.25, -0.2) is 0 Å². The lowest BCUT2D eigenvalue weighted by Gasteiger charge is -2.00. The summed E-state index contributed by atoms with van der Waals surface area (Å²) in [5.41, 5.74) is 0.940. The van der Waals surface area contributed by atoms with Crippen molar-refractivity contribution in [2.24, 2.45) is 0 Å². The molecule has 3 aromatic rings. The van der Waals surface area contributed by atoms with Gasteiger partial charge in [-0.2, -0.15) is 0 Å². The van der Waals surface area contributed by atoms with Gasteiger partial charge in [-0.05, 0) is 48.6 Å². The van der Waals surface area contributed by atoms with Crippen LogP contribution in [-0.2, 0) is 0 Å². The van der Waals surface area contributed by atoms with Crippen molar-refractivity contribution in [3.63, 3.8) is 0 Å². The Kier molecular flexibility index (Phi) is 4.40. The zero-order valence-corrected chi connectivity index (χ0v) is 13.2. The Hall–Kier alpha value is -2.98. The predicted molar refractivity (Wildman–Crippen MR) is 92.3 cm³/mol. The van der Waals surface area contributed by atoms with E-state index in [9.17, 15) is 15.0 Å². The minimum Gasteiger partial charge on any atom is -0.508 e. The molecule has 1 heterocycles. The maximum Gasteiger partial charge on any atom is 0.189 e. The molecule has 0 radical (unpaired) electrons. The second kappa shape index (κ2) is 6.64. The van der Waals surface area contributed by atoms with Crippen LogP contribution in [0.3, 0.4) is 0 Å². The van der Waals surface area contributed by atoms with Crippen molar-refractivity contribution in [1.29, 1.82) is 0 Å². The molecule has 0 bridgehead atoms. The molecule has 0 amide bonds. The fourth-order valence-electron chi connectivity index (χ4n) is 2.22. The number of rotatable bonds is 4. The standard InChI is InChI=1S/C19H13ClO4/c20-13-3-1-2-12(10-13)19-9-6-15(24-19)5-8-17(22)16-7-4-14(21)11-18(16)23/h1-11,21,23H/b8-5+. The molecule has 2 N–H and O–H groups in total. The van der Waals surface area contributed by atoms with E-state index in [1.807, 2.05) is 12.1 Å².